The highest BCUT2D eigenvalue weighted by Crippen LogP contribution is 2.31. The number of fused-ring (bicyclic) bond motifs is 1. The van der Waals surface area contributed by atoms with Crippen molar-refractivity contribution in [3.05, 3.63) is 36.5 Å². The molecule has 3 rings (SSSR count). The molecule has 27 heavy (non-hydrogen) atoms. The van der Waals surface area contributed by atoms with Gasteiger partial charge in [-0.05, 0) is 12.1 Å². The quantitative estimate of drug-likeness (QED) is 0.705. The van der Waals surface area contributed by atoms with Crippen LogP contribution in [0, 0.1) is 5.82 Å². The number of likely N-dealkylation sites (N-methyl/N-ethyl adjacent to an activating group) is 2. The largest absolute Gasteiger partial charge is 0.481 e. The topological polar surface area (TPSA) is 96.1 Å². The van der Waals surface area contributed by atoms with Crippen LogP contribution in [-0.2, 0) is 0 Å². The number of halogens is 1. The van der Waals surface area contributed by atoms with Gasteiger partial charge in [0.05, 0.1) is 30.6 Å². The Hall–Kier alpha value is -3.43. The van der Waals surface area contributed by atoms with E-state index in [1.807, 2.05) is 11.9 Å². The summed E-state index contributed by atoms with van der Waals surface area (Å²) in [5.74, 6) is 0.413. The smallest absolute Gasteiger partial charge is 0.407 e. The summed E-state index contributed by atoms with van der Waals surface area (Å²) < 4.78 is 20.5. The lowest BCUT2D eigenvalue weighted by molar-refractivity contribution is 0.157. The van der Waals surface area contributed by atoms with E-state index < -0.39 is 11.9 Å². The van der Waals surface area contributed by atoms with E-state index in [-0.39, 0.29) is 5.88 Å². The van der Waals surface area contributed by atoms with Crippen LogP contribution in [0.25, 0.3) is 16.8 Å². The molecule has 0 aliphatic heterocycles. The van der Waals surface area contributed by atoms with E-state index in [1.165, 1.54) is 25.1 Å². The highest BCUT2D eigenvalue weighted by atomic mass is 19.1. The summed E-state index contributed by atoms with van der Waals surface area (Å²) in [6.07, 6.45) is 3.40. The van der Waals surface area contributed by atoms with Crippen molar-refractivity contribution < 1.29 is 19.0 Å². The third-order valence-electron chi connectivity index (χ3n) is 4.14. The van der Waals surface area contributed by atoms with Crippen molar-refractivity contribution in [3.63, 3.8) is 0 Å². The minimum atomic E-state index is -0.990. The standard InChI is InChI=1S/C17H19FN6O3/c1-22(6-7-23(2)17(25)26)14-4-5-24-15(21-14)13(10-20-24)12-8-11(18)9-19-16(12)27-3/h4-5,8-10H,6-7H2,1-3H3,(H,25,26). The number of hydrogen-bond acceptors (Lipinski definition) is 6. The molecule has 3 heterocycles. The van der Waals surface area contributed by atoms with E-state index in [0.29, 0.717) is 35.7 Å². The van der Waals surface area contributed by atoms with E-state index in [1.54, 1.807) is 23.0 Å². The van der Waals surface area contributed by atoms with Crippen LogP contribution in [0.15, 0.2) is 30.7 Å². The Labute approximate surface area is 154 Å². The van der Waals surface area contributed by atoms with Gasteiger partial charge in [-0.15, -0.1) is 0 Å². The van der Waals surface area contributed by atoms with Crippen molar-refractivity contribution in [2.45, 2.75) is 0 Å². The number of amides is 1. The molecule has 1 amide bonds. The predicted octanol–water partition coefficient (Wildman–Crippen LogP) is 1.98. The van der Waals surface area contributed by atoms with E-state index in [4.69, 9.17) is 9.84 Å². The lowest BCUT2D eigenvalue weighted by Crippen LogP contribution is -2.34. The first-order valence-electron chi connectivity index (χ1n) is 8.10. The van der Waals surface area contributed by atoms with Crippen LogP contribution in [0.2, 0.25) is 0 Å². The van der Waals surface area contributed by atoms with Crippen molar-refractivity contribution >= 4 is 17.6 Å². The molecule has 0 aliphatic rings. The van der Waals surface area contributed by atoms with Crippen LogP contribution in [0.3, 0.4) is 0 Å². The maximum Gasteiger partial charge on any atom is 0.407 e. The molecule has 0 atom stereocenters. The van der Waals surface area contributed by atoms with Gasteiger partial charge in [0.1, 0.15) is 11.6 Å². The summed E-state index contributed by atoms with van der Waals surface area (Å²) in [6, 6.07) is 3.09. The lowest BCUT2D eigenvalue weighted by atomic mass is 10.1. The van der Waals surface area contributed by atoms with E-state index in [2.05, 4.69) is 15.1 Å². The second-order valence-electron chi connectivity index (χ2n) is 5.95. The van der Waals surface area contributed by atoms with Gasteiger partial charge in [0, 0.05) is 33.4 Å². The molecule has 0 radical (unpaired) electrons. The third kappa shape index (κ3) is 3.73. The second-order valence-corrected chi connectivity index (χ2v) is 5.95. The molecule has 0 saturated heterocycles. The van der Waals surface area contributed by atoms with Gasteiger partial charge in [-0.1, -0.05) is 0 Å². The first kappa shape index (κ1) is 18.4. The molecule has 9 nitrogen and oxygen atoms in total. The van der Waals surface area contributed by atoms with Crippen molar-refractivity contribution in [2.24, 2.45) is 0 Å². The minimum absolute atomic E-state index is 0.273. The number of nitrogens with zero attached hydrogens (tertiary/aromatic N) is 6. The second kappa shape index (κ2) is 7.44. The number of aromatic nitrogens is 4. The van der Waals surface area contributed by atoms with Crippen LogP contribution in [0.1, 0.15) is 0 Å². The molecule has 142 valence electrons. The highest BCUT2D eigenvalue weighted by molar-refractivity contribution is 5.80. The monoisotopic (exact) mass is 374 g/mol. The van der Waals surface area contributed by atoms with Gasteiger partial charge < -0.3 is 19.6 Å². The molecule has 1 N–H and O–H groups in total. The molecular formula is C17H19FN6O3. The molecular weight excluding hydrogens is 355 g/mol. The highest BCUT2D eigenvalue weighted by Gasteiger charge is 2.16. The zero-order valence-electron chi connectivity index (χ0n) is 15.1. The fourth-order valence-corrected chi connectivity index (χ4v) is 2.55. The number of methoxy groups -OCH3 is 1. The van der Waals surface area contributed by atoms with Crippen LogP contribution in [-0.4, -0.2) is 70.0 Å². The fourth-order valence-electron chi connectivity index (χ4n) is 2.55. The van der Waals surface area contributed by atoms with Gasteiger partial charge in [-0.2, -0.15) is 5.10 Å². The SMILES string of the molecule is COc1ncc(F)cc1-c1cnn2ccc(N(C)CCN(C)C(=O)O)nc12. The maximum absolute atomic E-state index is 13.7. The molecule has 0 aliphatic carbocycles. The number of carbonyl (C=O) groups is 1. The third-order valence-corrected chi connectivity index (χ3v) is 4.14. The maximum atomic E-state index is 13.7. The van der Waals surface area contributed by atoms with Gasteiger partial charge in [0.25, 0.3) is 0 Å². The molecule has 3 aromatic rings. The van der Waals surface area contributed by atoms with Gasteiger partial charge >= 0.3 is 6.09 Å². The molecule has 0 aromatic carbocycles. The zero-order valence-corrected chi connectivity index (χ0v) is 15.1. The average Bonchev–Trinajstić information content (AvgIpc) is 3.08. The van der Waals surface area contributed by atoms with E-state index in [9.17, 15) is 9.18 Å². The van der Waals surface area contributed by atoms with Crippen LogP contribution < -0.4 is 9.64 Å². The number of ether oxygens (including phenoxy) is 1. The van der Waals surface area contributed by atoms with Crippen LogP contribution >= 0.6 is 0 Å². The van der Waals surface area contributed by atoms with Crippen molar-refractivity contribution in [3.8, 4) is 17.0 Å². The number of carboxylic acid groups (broad SMARTS) is 1. The fraction of sp³-hybridized carbons (Fsp3) is 0.294. The molecule has 0 bridgehead atoms. The minimum Gasteiger partial charge on any atom is -0.481 e. The molecule has 3 aromatic heterocycles. The Morgan fingerprint density at radius 1 is 1.30 bits per heavy atom. The van der Waals surface area contributed by atoms with Crippen LogP contribution in [0.5, 0.6) is 5.88 Å². The average molecular weight is 374 g/mol. The Kier molecular flexibility index (Phi) is 5.06. The summed E-state index contributed by atoms with van der Waals surface area (Å²) in [4.78, 5) is 22.5. The molecule has 0 fully saturated rings. The van der Waals surface area contributed by atoms with E-state index >= 15 is 0 Å². The lowest BCUT2D eigenvalue weighted by Gasteiger charge is -2.21. The molecule has 0 unspecified atom stereocenters. The van der Waals surface area contributed by atoms with Crippen molar-refractivity contribution in [2.75, 3.05) is 39.2 Å². The van der Waals surface area contributed by atoms with Gasteiger partial charge in [-0.25, -0.2) is 23.7 Å². The summed E-state index contributed by atoms with van der Waals surface area (Å²) >= 11 is 0. The number of anilines is 1. The predicted molar refractivity (Wildman–Crippen MR) is 96.7 cm³/mol. The van der Waals surface area contributed by atoms with Gasteiger partial charge in [0.15, 0.2) is 5.65 Å². The molecule has 10 heteroatoms. The van der Waals surface area contributed by atoms with Gasteiger partial charge in [-0.3, -0.25) is 0 Å². The zero-order chi connectivity index (χ0) is 19.6. The first-order chi connectivity index (χ1) is 12.9. The van der Waals surface area contributed by atoms with Crippen molar-refractivity contribution in [1.82, 2.24) is 24.5 Å². The number of hydrogen-bond donors (Lipinski definition) is 1. The number of pyridine rings is 1. The Bertz CT molecular complexity index is 976. The molecule has 0 saturated carbocycles. The normalized spacial score (nSPS) is 10.8. The Morgan fingerprint density at radius 2 is 2.07 bits per heavy atom. The first-order valence-corrected chi connectivity index (χ1v) is 8.10. The number of rotatable bonds is 6. The molecule has 0 spiro atoms. The van der Waals surface area contributed by atoms with E-state index in [0.717, 1.165) is 6.20 Å². The summed E-state index contributed by atoms with van der Waals surface area (Å²) in [7, 11) is 4.78. The summed E-state index contributed by atoms with van der Waals surface area (Å²) in [5, 5.41) is 13.2. The van der Waals surface area contributed by atoms with Crippen LogP contribution in [0.4, 0.5) is 15.0 Å². The summed E-state index contributed by atoms with van der Waals surface area (Å²) in [5.41, 5.74) is 1.54. The Morgan fingerprint density at radius 3 is 2.78 bits per heavy atom. The van der Waals surface area contributed by atoms with Gasteiger partial charge in [0.2, 0.25) is 5.88 Å². The van der Waals surface area contributed by atoms with Crippen molar-refractivity contribution in [1.29, 1.82) is 0 Å². The summed E-state index contributed by atoms with van der Waals surface area (Å²) in [6.45, 7) is 0.784. The Balaban J connectivity index is 1.95.